The van der Waals surface area contributed by atoms with E-state index in [1.165, 1.54) is 11.8 Å². The molecule has 0 aliphatic carbocycles. The Kier molecular flexibility index (Phi) is 5.91. The van der Waals surface area contributed by atoms with Gasteiger partial charge in [-0.25, -0.2) is 0 Å². The zero-order valence-corrected chi connectivity index (χ0v) is 17.7. The molecule has 2 atom stereocenters. The van der Waals surface area contributed by atoms with Crippen molar-refractivity contribution in [3.63, 3.8) is 0 Å². The van der Waals surface area contributed by atoms with Crippen LogP contribution in [-0.4, -0.2) is 17.1 Å². The zero-order chi connectivity index (χ0) is 21.1. The number of anilines is 1. The highest BCUT2D eigenvalue weighted by molar-refractivity contribution is 8.01. The highest BCUT2D eigenvalue weighted by atomic mass is 32.2. The molecule has 152 valence electrons. The lowest BCUT2D eigenvalue weighted by molar-refractivity contribution is -0.154. The van der Waals surface area contributed by atoms with E-state index in [1.807, 2.05) is 74.5 Å². The number of fused-ring (bicyclic) bond motifs is 1. The van der Waals surface area contributed by atoms with Crippen molar-refractivity contribution in [3.8, 4) is 0 Å². The van der Waals surface area contributed by atoms with Crippen molar-refractivity contribution in [1.82, 2.24) is 0 Å². The predicted octanol–water partition coefficient (Wildman–Crippen LogP) is 5.24. The minimum atomic E-state index is -1.01. The molecule has 1 aliphatic heterocycles. The summed E-state index contributed by atoms with van der Waals surface area (Å²) in [7, 11) is 0. The fourth-order valence-corrected chi connectivity index (χ4v) is 4.66. The smallest absolute Gasteiger partial charge is 0.320 e. The molecule has 1 heterocycles. The van der Waals surface area contributed by atoms with Gasteiger partial charge in [-0.2, -0.15) is 0 Å². The SMILES string of the molecule is Cc1ccc(C)c(NC(=O)C(OC(=O)C2Cc3ccccc3S2)c2ccccc2)c1. The molecule has 0 bridgehead atoms. The molecule has 0 spiro atoms. The Hall–Kier alpha value is -3.05. The van der Waals surface area contributed by atoms with Crippen LogP contribution < -0.4 is 5.32 Å². The molecule has 1 amide bonds. The number of esters is 1. The van der Waals surface area contributed by atoms with Crippen molar-refractivity contribution in [2.75, 3.05) is 5.32 Å². The lowest BCUT2D eigenvalue weighted by atomic mass is 10.1. The number of rotatable bonds is 5. The number of ether oxygens (including phenoxy) is 1. The minimum Gasteiger partial charge on any atom is -0.446 e. The van der Waals surface area contributed by atoms with Crippen molar-refractivity contribution in [2.24, 2.45) is 0 Å². The van der Waals surface area contributed by atoms with Crippen LogP contribution in [0.3, 0.4) is 0 Å². The molecule has 4 rings (SSSR count). The predicted molar refractivity (Wildman–Crippen MR) is 120 cm³/mol. The molecule has 3 aromatic rings. The van der Waals surface area contributed by atoms with Gasteiger partial charge >= 0.3 is 5.97 Å². The molecule has 30 heavy (non-hydrogen) atoms. The lowest BCUT2D eigenvalue weighted by Gasteiger charge is -2.20. The van der Waals surface area contributed by atoms with Crippen molar-refractivity contribution in [2.45, 2.75) is 36.5 Å². The quantitative estimate of drug-likeness (QED) is 0.577. The van der Waals surface area contributed by atoms with Gasteiger partial charge in [0.15, 0.2) is 0 Å². The molecule has 0 aromatic heterocycles. The first-order valence-electron chi connectivity index (χ1n) is 9.89. The number of aryl methyl sites for hydroxylation is 2. The number of thioether (sulfide) groups is 1. The van der Waals surface area contributed by atoms with Gasteiger partial charge in [-0.3, -0.25) is 9.59 Å². The van der Waals surface area contributed by atoms with Gasteiger partial charge < -0.3 is 10.1 Å². The largest absolute Gasteiger partial charge is 0.446 e. The van der Waals surface area contributed by atoms with Crippen molar-refractivity contribution < 1.29 is 14.3 Å². The summed E-state index contributed by atoms with van der Waals surface area (Å²) in [6.07, 6.45) is -0.400. The summed E-state index contributed by atoms with van der Waals surface area (Å²) in [5.74, 6) is -0.732. The highest BCUT2D eigenvalue weighted by Gasteiger charge is 2.33. The van der Waals surface area contributed by atoms with Gasteiger partial charge in [0.1, 0.15) is 5.25 Å². The molecule has 1 N–H and O–H groups in total. The van der Waals surface area contributed by atoms with E-state index in [9.17, 15) is 9.59 Å². The van der Waals surface area contributed by atoms with Gasteiger partial charge in [0.25, 0.3) is 5.91 Å². The number of hydrogen-bond donors (Lipinski definition) is 1. The third kappa shape index (κ3) is 4.41. The fourth-order valence-electron chi connectivity index (χ4n) is 3.48. The monoisotopic (exact) mass is 417 g/mol. The van der Waals surface area contributed by atoms with Crippen LogP contribution in [0.2, 0.25) is 0 Å². The van der Waals surface area contributed by atoms with E-state index >= 15 is 0 Å². The summed E-state index contributed by atoms with van der Waals surface area (Å²) in [6, 6.07) is 23.0. The standard InChI is InChI=1S/C25H23NO3S/c1-16-12-13-17(2)20(14-16)26-24(27)23(18-8-4-3-5-9-18)29-25(28)22-15-19-10-6-7-11-21(19)30-22/h3-14,22-23H,15H2,1-2H3,(H,26,27). The molecule has 0 saturated carbocycles. The van der Waals surface area contributed by atoms with Crippen molar-refractivity contribution in [3.05, 3.63) is 95.1 Å². The Balaban J connectivity index is 1.54. The lowest BCUT2D eigenvalue weighted by Crippen LogP contribution is -2.29. The van der Waals surface area contributed by atoms with Gasteiger partial charge in [-0.1, -0.05) is 60.7 Å². The first-order valence-corrected chi connectivity index (χ1v) is 10.8. The summed E-state index contributed by atoms with van der Waals surface area (Å²) in [5, 5.41) is 2.59. The van der Waals surface area contributed by atoms with Gasteiger partial charge in [0.05, 0.1) is 0 Å². The number of hydrogen-bond acceptors (Lipinski definition) is 4. The molecular weight excluding hydrogens is 394 g/mol. The molecule has 5 heteroatoms. The van der Waals surface area contributed by atoms with Crippen LogP contribution in [0, 0.1) is 13.8 Å². The average molecular weight is 418 g/mol. The van der Waals surface area contributed by atoms with Crippen LogP contribution >= 0.6 is 11.8 Å². The van der Waals surface area contributed by atoms with E-state index in [0.29, 0.717) is 12.0 Å². The summed E-state index contributed by atoms with van der Waals surface area (Å²) in [5.41, 5.74) is 4.51. The van der Waals surface area contributed by atoms with Crippen LogP contribution in [0.1, 0.15) is 28.4 Å². The summed E-state index contributed by atoms with van der Waals surface area (Å²) >= 11 is 1.50. The Bertz CT molecular complexity index is 1060. The zero-order valence-electron chi connectivity index (χ0n) is 16.9. The minimum absolute atomic E-state index is 0.345. The van der Waals surface area contributed by atoms with E-state index < -0.39 is 6.10 Å². The van der Waals surface area contributed by atoms with Crippen LogP contribution in [0.5, 0.6) is 0 Å². The third-order valence-corrected chi connectivity index (χ3v) is 6.43. The Labute approximate surface area is 180 Å². The molecule has 1 aliphatic rings. The second-order valence-electron chi connectivity index (χ2n) is 7.45. The van der Waals surface area contributed by atoms with Gasteiger partial charge in [-0.05, 0) is 49.1 Å². The van der Waals surface area contributed by atoms with Gasteiger partial charge in [0, 0.05) is 16.1 Å². The molecule has 4 nitrogen and oxygen atoms in total. The van der Waals surface area contributed by atoms with Gasteiger partial charge in [0.2, 0.25) is 6.10 Å². The number of carbonyl (C=O) groups is 2. The molecule has 3 aromatic carbocycles. The second-order valence-corrected chi connectivity index (χ2v) is 8.70. The summed E-state index contributed by atoms with van der Waals surface area (Å²) in [6.45, 7) is 3.91. The van der Waals surface area contributed by atoms with Crippen LogP contribution in [0.4, 0.5) is 5.69 Å². The Morgan fingerprint density at radius 3 is 2.50 bits per heavy atom. The number of nitrogens with one attached hydrogen (secondary N) is 1. The highest BCUT2D eigenvalue weighted by Crippen LogP contribution is 2.38. The number of carbonyl (C=O) groups excluding carboxylic acids is 2. The van der Waals surface area contributed by atoms with E-state index in [0.717, 1.165) is 27.3 Å². The Morgan fingerprint density at radius 1 is 1.00 bits per heavy atom. The molecule has 0 radical (unpaired) electrons. The number of amides is 1. The second kappa shape index (κ2) is 8.76. The van der Waals surface area contributed by atoms with Crippen LogP contribution in [-0.2, 0) is 20.7 Å². The third-order valence-electron chi connectivity index (χ3n) is 5.14. The van der Waals surface area contributed by atoms with Crippen LogP contribution in [0.25, 0.3) is 0 Å². The van der Waals surface area contributed by atoms with E-state index in [4.69, 9.17) is 4.74 Å². The normalized spacial score (nSPS) is 15.9. The fraction of sp³-hybridized carbons (Fsp3) is 0.200. The number of benzene rings is 3. The van der Waals surface area contributed by atoms with E-state index in [-0.39, 0.29) is 17.1 Å². The summed E-state index contributed by atoms with van der Waals surface area (Å²) in [4.78, 5) is 27.2. The summed E-state index contributed by atoms with van der Waals surface area (Å²) < 4.78 is 5.78. The molecule has 0 saturated heterocycles. The topological polar surface area (TPSA) is 55.4 Å². The van der Waals surface area contributed by atoms with E-state index in [1.54, 1.807) is 12.1 Å². The molecule has 2 unspecified atom stereocenters. The van der Waals surface area contributed by atoms with Gasteiger partial charge in [-0.15, -0.1) is 11.8 Å². The first-order chi connectivity index (χ1) is 14.5. The average Bonchev–Trinajstić information content (AvgIpc) is 3.19. The van der Waals surface area contributed by atoms with E-state index in [2.05, 4.69) is 5.32 Å². The van der Waals surface area contributed by atoms with Crippen molar-refractivity contribution in [1.29, 1.82) is 0 Å². The maximum absolute atomic E-state index is 13.2. The molecule has 0 fully saturated rings. The van der Waals surface area contributed by atoms with Crippen LogP contribution in [0.15, 0.2) is 77.7 Å². The Morgan fingerprint density at radius 2 is 1.73 bits per heavy atom. The molecular formula is C25H23NO3S. The first kappa shape index (κ1) is 20.2. The van der Waals surface area contributed by atoms with Crippen molar-refractivity contribution >= 4 is 29.3 Å². The maximum atomic E-state index is 13.2. The maximum Gasteiger partial charge on any atom is 0.320 e.